The first-order valence-electron chi connectivity index (χ1n) is 3.71. The maximum atomic E-state index is 12.4. The Hall–Kier alpha value is -0.900. The van der Waals surface area contributed by atoms with Crippen molar-refractivity contribution in [2.24, 2.45) is 0 Å². The lowest BCUT2D eigenvalue weighted by atomic mass is 10.3. The van der Waals surface area contributed by atoms with E-state index in [-0.39, 0.29) is 5.15 Å². The summed E-state index contributed by atoms with van der Waals surface area (Å²) in [6.45, 7) is 0.441. The van der Waals surface area contributed by atoms with Gasteiger partial charge in [-0.3, -0.25) is 0 Å². The fourth-order valence-electron chi connectivity index (χ4n) is 0.770. The molecule has 0 saturated carbocycles. The minimum atomic E-state index is -2.73. The van der Waals surface area contributed by atoms with Crippen LogP contribution in [0.4, 0.5) is 14.5 Å². The Balaban J connectivity index is 2.55. The standard InChI is InChI=1S/C8H9ClF2N2/c1-8(10,11)5-13-6-2-3-12-7(9)4-6/h2-4H,5H2,1H3,(H,12,13). The van der Waals surface area contributed by atoms with Gasteiger partial charge < -0.3 is 5.32 Å². The van der Waals surface area contributed by atoms with Crippen molar-refractivity contribution < 1.29 is 8.78 Å². The van der Waals surface area contributed by atoms with E-state index >= 15 is 0 Å². The van der Waals surface area contributed by atoms with Crippen molar-refractivity contribution >= 4 is 17.3 Å². The highest BCUT2D eigenvalue weighted by atomic mass is 35.5. The van der Waals surface area contributed by atoms with Gasteiger partial charge in [-0.2, -0.15) is 0 Å². The monoisotopic (exact) mass is 206 g/mol. The summed E-state index contributed by atoms with van der Waals surface area (Å²) in [5.74, 6) is -2.73. The number of hydrogen-bond acceptors (Lipinski definition) is 2. The number of nitrogens with zero attached hydrogens (tertiary/aromatic N) is 1. The molecule has 0 atom stereocenters. The van der Waals surface area contributed by atoms with Crippen molar-refractivity contribution in [3.8, 4) is 0 Å². The summed E-state index contributed by atoms with van der Waals surface area (Å²) in [4.78, 5) is 3.72. The fourth-order valence-corrected chi connectivity index (χ4v) is 0.944. The number of anilines is 1. The lowest BCUT2D eigenvalue weighted by molar-refractivity contribution is 0.0368. The van der Waals surface area contributed by atoms with Crippen molar-refractivity contribution in [2.45, 2.75) is 12.8 Å². The van der Waals surface area contributed by atoms with E-state index < -0.39 is 12.5 Å². The van der Waals surface area contributed by atoms with Gasteiger partial charge in [-0.05, 0) is 12.1 Å². The Morgan fingerprint density at radius 3 is 2.85 bits per heavy atom. The van der Waals surface area contributed by atoms with Crippen molar-refractivity contribution in [3.05, 3.63) is 23.5 Å². The maximum absolute atomic E-state index is 12.4. The van der Waals surface area contributed by atoms with Gasteiger partial charge >= 0.3 is 0 Å². The molecule has 0 aliphatic carbocycles. The molecule has 1 aromatic rings. The van der Waals surface area contributed by atoms with Crippen molar-refractivity contribution in [1.29, 1.82) is 0 Å². The topological polar surface area (TPSA) is 24.9 Å². The van der Waals surface area contributed by atoms with Crippen LogP contribution in [0.15, 0.2) is 18.3 Å². The van der Waals surface area contributed by atoms with Gasteiger partial charge in [0.2, 0.25) is 0 Å². The molecule has 0 aromatic carbocycles. The van der Waals surface area contributed by atoms with Crippen LogP contribution >= 0.6 is 11.6 Å². The lowest BCUT2D eigenvalue weighted by Crippen LogP contribution is -2.22. The fraction of sp³-hybridized carbons (Fsp3) is 0.375. The maximum Gasteiger partial charge on any atom is 0.262 e. The van der Waals surface area contributed by atoms with Gasteiger partial charge in [0.15, 0.2) is 0 Å². The van der Waals surface area contributed by atoms with Crippen LogP contribution in [0.25, 0.3) is 0 Å². The molecule has 1 N–H and O–H groups in total. The first kappa shape index (κ1) is 10.2. The van der Waals surface area contributed by atoms with Gasteiger partial charge in [0, 0.05) is 18.8 Å². The van der Waals surface area contributed by atoms with Gasteiger partial charge in [-0.15, -0.1) is 0 Å². The predicted molar refractivity (Wildman–Crippen MR) is 48.4 cm³/mol. The van der Waals surface area contributed by atoms with Gasteiger partial charge in [0.25, 0.3) is 5.92 Å². The molecule has 1 rings (SSSR count). The second kappa shape index (κ2) is 3.87. The summed E-state index contributed by atoms with van der Waals surface area (Å²) in [6, 6.07) is 3.07. The number of halogens is 3. The van der Waals surface area contributed by atoms with Crippen LogP contribution in [0.1, 0.15) is 6.92 Å². The number of rotatable bonds is 3. The Bertz CT molecular complexity index is 286. The SMILES string of the molecule is CC(F)(F)CNc1ccnc(Cl)c1. The number of aromatic nitrogens is 1. The van der Waals surface area contributed by atoms with Crippen LogP contribution in [0.2, 0.25) is 5.15 Å². The third kappa shape index (κ3) is 4.03. The van der Waals surface area contributed by atoms with Crippen LogP contribution in [0, 0.1) is 0 Å². The highest BCUT2D eigenvalue weighted by Crippen LogP contribution is 2.15. The third-order valence-electron chi connectivity index (χ3n) is 1.33. The molecular weight excluding hydrogens is 198 g/mol. The van der Waals surface area contributed by atoms with Gasteiger partial charge in [0.05, 0.1) is 6.54 Å². The summed E-state index contributed by atoms with van der Waals surface area (Å²) in [6.07, 6.45) is 1.46. The number of pyridine rings is 1. The molecule has 1 heterocycles. The smallest absolute Gasteiger partial charge is 0.262 e. The molecule has 2 nitrogen and oxygen atoms in total. The molecule has 0 aliphatic heterocycles. The van der Waals surface area contributed by atoms with Crippen molar-refractivity contribution in [2.75, 3.05) is 11.9 Å². The molecule has 0 spiro atoms. The van der Waals surface area contributed by atoms with Crippen molar-refractivity contribution in [1.82, 2.24) is 4.98 Å². The van der Waals surface area contributed by atoms with Gasteiger partial charge in [0.1, 0.15) is 5.15 Å². The summed E-state index contributed by atoms with van der Waals surface area (Å²) in [5.41, 5.74) is 0.543. The molecule has 1 aromatic heterocycles. The lowest BCUT2D eigenvalue weighted by Gasteiger charge is -2.12. The van der Waals surface area contributed by atoms with E-state index in [4.69, 9.17) is 11.6 Å². The normalized spacial score (nSPS) is 11.4. The molecular formula is C8H9ClF2N2. The van der Waals surface area contributed by atoms with Crippen LogP contribution in [-0.4, -0.2) is 17.5 Å². The van der Waals surface area contributed by atoms with Crippen LogP contribution in [0.3, 0.4) is 0 Å². The van der Waals surface area contributed by atoms with E-state index in [1.54, 1.807) is 6.07 Å². The Morgan fingerprint density at radius 1 is 1.62 bits per heavy atom. The van der Waals surface area contributed by atoms with E-state index in [1.807, 2.05) is 0 Å². The first-order chi connectivity index (χ1) is 5.97. The number of hydrogen-bond donors (Lipinski definition) is 1. The summed E-state index contributed by atoms with van der Waals surface area (Å²) in [5, 5.41) is 2.83. The highest BCUT2D eigenvalue weighted by Gasteiger charge is 2.20. The largest absolute Gasteiger partial charge is 0.379 e. The first-order valence-corrected chi connectivity index (χ1v) is 4.08. The third-order valence-corrected chi connectivity index (χ3v) is 1.54. The molecule has 0 fully saturated rings. The number of alkyl halides is 2. The van der Waals surface area contributed by atoms with Gasteiger partial charge in [-0.1, -0.05) is 11.6 Å². The Labute approximate surface area is 79.9 Å². The highest BCUT2D eigenvalue weighted by molar-refractivity contribution is 6.29. The van der Waals surface area contributed by atoms with Crippen LogP contribution in [-0.2, 0) is 0 Å². The van der Waals surface area contributed by atoms with Crippen LogP contribution in [0.5, 0.6) is 0 Å². The second-order valence-electron chi connectivity index (χ2n) is 2.79. The molecule has 0 unspecified atom stereocenters. The minimum Gasteiger partial charge on any atom is -0.379 e. The molecule has 5 heteroatoms. The Morgan fingerprint density at radius 2 is 2.31 bits per heavy atom. The predicted octanol–water partition coefficient (Wildman–Crippen LogP) is 2.80. The summed E-state index contributed by atoms with van der Waals surface area (Å²) in [7, 11) is 0. The average Bonchev–Trinajstić information content (AvgIpc) is 2.00. The molecule has 72 valence electrons. The van der Waals surface area contributed by atoms with Gasteiger partial charge in [-0.25, -0.2) is 13.8 Å². The second-order valence-corrected chi connectivity index (χ2v) is 3.18. The molecule has 0 amide bonds. The minimum absolute atomic E-state index is 0.282. The quantitative estimate of drug-likeness (QED) is 0.770. The molecule has 13 heavy (non-hydrogen) atoms. The van der Waals surface area contributed by atoms with E-state index in [2.05, 4.69) is 10.3 Å². The Kier molecular flexibility index (Phi) is 3.03. The molecule has 0 saturated heterocycles. The summed E-state index contributed by atoms with van der Waals surface area (Å²) < 4.78 is 24.8. The van der Waals surface area contributed by atoms with E-state index in [0.717, 1.165) is 6.92 Å². The average molecular weight is 207 g/mol. The zero-order chi connectivity index (χ0) is 9.90. The van der Waals surface area contributed by atoms with E-state index in [1.165, 1.54) is 12.3 Å². The van der Waals surface area contributed by atoms with Crippen LogP contribution < -0.4 is 5.32 Å². The van der Waals surface area contributed by atoms with Crippen molar-refractivity contribution in [3.63, 3.8) is 0 Å². The van der Waals surface area contributed by atoms with E-state index in [9.17, 15) is 8.78 Å². The summed E-state index contributed by atoms with van der Waals surface area (Å²) >= 11 is 5.56. The van der Waals surface area contributed by atoms with E-state index in [0.29, 0.717) is 5.69 Å². The zero-order valence-corrected chi connectivity index (χ0v) is 7.78. The molecule has 0 bridgehead atoms. The molecule has 0 aliphatic rings. The zero-order valence-electron chi connectivity index (χ0n) is 7.02. The molecule has 0 radical (unpaired) electrons. The number of nitrogens with one attached hydrogen (secondary N) is 1.